The van der Waals surface area contributed by atoms with Crippen LogP contribution in [0.3, 0.4) is 0 Å². The first-order valence-corrected chi connectivity index (χ1v) is 4.09. The summed E-state index contributed by atoms with van der Waals surface area (Å²) in [5.74, 6) is 0. The standard InChI is InChI=1S/C10H17N3/c1-5-12-7-10(13-6-2)8(3)9(4)11/h5-6,13H,2,4,7,11H2,1,3H3/b10-8+,12-5-. The summed E-state index contributed by atoms with van der Waals surface area (Å²) in [5.41, 5.74) is 7.96. The number of nitrogens with zero attached hydrogens (tertiary/aromatic N) is 1. The third-order valence-corrected chi connectivity index (χ3v) is 1.64. The Kier molecular flexibility index (Phi) is 5.35. The molecule has 3 nitrogen and oxygen atoms in total. The van der Waals surface area contributed by atoms with Gasteiger partial charge in [0.2, 0.25) is 0 Å². The van der Waals surface area contributed by atoms with E-state index in [1.807, 2.05) is 13.8 Å². The molecule has 0 radical (unpaired) electrons. The number of nitrogens with one attached hydrogen (secondary N) is 1. The molecule has 3 heteroatoms. The smallest absolute Gasteiger partial charge is 0.0788 e. The molecule has 0 aliphatic rings. The highest BCUT2D eigenvalue weighted by molar-refractivity contribution is 5.53. The Morgan fingerprint density at radius 2 is 2.23 bits per heavy atom. The maximum atomic E-state index is 5.56. The minimum Gasteiger partial charge on any atom is -0.399 e. The van der Waals surface area contributed by atoms with E-state index in [4.69, 9.17) is 5.73 Å². The summed E-state index contributed by atoms with van der Waals surface area (Å²) in [6, 6.07) is 0. The monoisotopic (exact) mass is 179 g/mol. The van der Waals surface area contributed by atoms with Crippen molar-refractivity contribution >= 4 is 6.21 Å². The molecule has 0 saturated heterocycles. The van der Waals surface area contributed by atoms with Crippen LogP contribution in [-0.4, -0.2) is 12.8 Å². The maximum Gasteiger partial charge on any atom is 0.0788 e. The Morgan fingerprint density at radius 3 is 2.62 bits per heavy atom. The molecule has 0 unspecified atom stereocenters. The lowest BCUT2D eigenvalue weighted by atomic mass is 10.2. The minimum absolute atomic E-state index is 0.552. The summed E-state index contributed by atoms with van der Waals surface area (Å²) in [6.07, 6.45) is 3.35. The average molecular weight is 179 g/mol. The molecular formula is C10H17N3. The first kappa shape index (κ1) is 11.5. The molecule has 0 bridgehead atoms. The Labute approximate surface area is 79.7 Å². The van der Waals surface area contributed by atoms with Crippen molar-refractivity contribution < 1.29 is 0 Å². The summed E-state index contributed by atoms with van der Waals surface area (Å²) in [7, 11) is 0. The van der Waals surface area contributed by atoms with Gasteiger partial charge in [-0.2, -0.15) is 0 Å². The molecule has 0 aromatic rings. The Bertz CT molecular complexity index is 249. The number of allylic oxidation sites excluding steroid dienone is 1. The van der Waals surface area contributed by atoms with Crippen LogP contribution in [0.4, 0.5) is 0 Å². The highest BCUT2D eigenvalue weighted by Gasteiger charge is 2.00. The highest BCUT2D eigenvalue weighted by Crippen LogP contribution is 2.06. The molecule has 0 rings (SSSR count). The van der Waals surface area contributed by atoms with E-state index in [2.05, 4.69) is 23.5 Å². The lowest BCUT2D eigenvalue weighted by molar-refractivity contribution is 0.946. The maximum absolute atomic E-state index is 5.56. The molecule has 0 aromatic heterocycles. The zero-order chi connectivity index (χ0) is 10.3. The zero-order valence-corrected chi connectivity index (χ0v) is 8.30. The van der Waals surface area contributed by atoms with Gasteiger partial charge < -0.3 is 11.1 Å². The van der Waals surface area contributed by atoms with E-state index in [1.54, 1.807) is 12.4 Å². The van der Waals surface area contributed by atoms with Crippen LogP contribution in [0.2, 0.25) is 0 Å². The van der Waals surface area contributed by atoms with Gasteiger partial charge in [0.25, 0.3) is 0 Å². The number of aliphatic imine (C=N–C) groups is 1. The van der Waals surface area contributed by atoms with Gasteiger partial charge in [0, 0.05) is 11.4 Å². The van der Waals surface area contributed by atoms with Crippen LogP contribution in [0.1, 0.15) is 13.8 Å². The first-order chi connectivity index (χ1) is 6.13. The molecular weight excluding hydrogens is 162 g/mol. The molecule has 72 valence electrons. The summed E-state index contributed by atoms with van der Waals surface area (Å²) in [4.78, 5) is 4.10. The van der Waals surface area contributed by atoms with Crippen molar-refractivity contribution in [1.29, 1.82) is 0 Å². The number of rotatable bonds is 5. The van der Waals surface area contributed by atoms with Crippen LogP contribution in [0, 0.1) is 0 Å². The van der Waals surface area contributed by atoms with Gasteiger partial charge in [0.15, 0.2) is 0 Å². The largest absolute Gasteiger partial charge is 0.399 e. The second kappa shape index (κ2) is 6.06. The van der Waals surface area contributed by atoms with Crippen molar-refractivity contribution in [1.82, 2.24) is 5.32 Å². The van der Waals surface area contributed by atoms with Gasteiger partial charge in [0.1, 0.15) is 0 Å². The van der Waals surface area contributed by atoms with Crippen LogP contribution in [0.15, 0.2) is 41.3 Å². The van der Waals surface area contributed by atoms with E-state index in [1.165, 1.54) is 0 Å². The van der Waals surface area contributed by atoms with E-state index in [9.17, 15) is 0 Å². The van der Waals surface area contributed by atoms with Gasteiger partial charge in [-0.3, -0.25) is 4.99 Å². The molecule has 0 heterocycles. The van der Waals surface area contributed by atoms with Gasteiger partial charge in [-0.1, -0.05) is 13.2 Å². The molecule has 0 aromatic carbocycles. The van der Waals surface area contributed by atoms with Crippen LogP contribution >= 0.6 is 0 Å². The van der Waals surface area contributed by atoms with E-state index >= 15 is 0 Å². The Morgan fingerprint density at radius 1 is 1.62 bits per heavy atom. The minimum atomic E-state index is 0.552. The van der Waals surface area contributed by atoms with Crippen LogP contribution in [0.25, 0.3) is 0 Å². The van der Waals surface area contributed by atoms with E-state index in [0.717, 1.165) is 11.3 Å². The van der Waals surface area contributed by atoms with Gasteiger partial charge in [-0.25, -0.2) is 0 Å². The third-order valence-electron chi connectivity index (χ3n) is 1.64. The van der Waals surface area contributed by atoms with Crippen molar-refractivity contribution in [2.75, 3.05) is 6.54 Å². The highest BCUT2D eigenvalue weighted by atomic mass is 14.9. The summed E-state index contributed by atoms with van der Waals surface area (Å²) in [6.45, 7) is 11.6. The second-order valence-electron chi connectivity index (χ2n) is 2.58. The van der Waals surface area contributed by atoms with Crippen molar-refractivity contribution in [2.24, 2.45) is 10.7 Å². The predicted molar refractivity (Wildman–Crippen MR) is 58.4 cm³/mol. The number of hydrogen-bond acceptors (Lipinski definition) is 3. The molecule has 0 atom stereocenters. The lowest BCUT2D eigenvalue weighted by Gasteiger charge is -2.09. The van der Waals surface area contributed by atoms with Crippen molar-refractivity contribution in [3.63, 3.8) is 0 Å². The summed E-state index contributed by atoms with van der Waals surface area (Å²) in [5, 5.41) is 2.99. The van der Waals surface area contributed by atoms with E-state index in [0.29, 0.717) is 12.2 Å². The van der Waals surface area contributed by atoms with Crippen LogP contribution in [-0.2, 0) is 0 Å². The SMILES string of the molecule is C=CN/C(C/N=C\C)=C(\C)C(=C)N. The third kappa shape index (κ3) is 4.15. The van der Waals surface area contributed by atoms with Gasteiger partial charge in [-0.15, -0.1) is 0 Å². The second-order valence-corrected chi connectivity index (χ2v) is 2.58. The molecule has 0 amide bonds. The van der Waals surface area contributed by atoms with E-state index in [-0.39, 0.29) is 0 Å². The van der Waals surface area contributed by atoms with Crippen molar-refractivity contribution in [3.05, 3.63) is 36.3 Å². The Balaban J connectivity index is 4.64. The first-order valence-electron chi connectivity index (χ1n) is 4.09. The summed E-state index contributed by atoms with van der Waals surface area (Å²) >= 11 is 0. The van der Waals surface area contributed by atoms with Crippen LogP contribution < -0.4 is 11.1 Å². The molecule has 3 N–H and O–H groups in total. The van der Waals surface area contributed by atoms with Gasteiger partial charge in [-0.05, 0) is 31.8 Å². The molecule has 0 fully saturated rings. The fourth-order valence-electron chi connectivity index (χ4n) is 0.772. The molecule has 0 aliphatic carbocycles. The topological polar surface area (TPSA) is 50.4 Å². The molecule has 13 heavy (non-hydrogen) atoms. The van der Waals surface area contributed by atoms with Gasteiger partial charge >= 0.3 is 0 Å². The fraction of sp³-hybridized carbons (Fsp3) is 0.300. The van der Waals surface area contributed by atoms with Crippen molar-refractivity contribution in [2.45, 2.75) is 13.8 Å². The quantitative estimate of drug-likeness (QED) is 0.497. The number of hydrogen-bond donors (Lipinski definition) is 2. The van der Waals surface area contributed by atoms with Crippen molar-refractivity contribution in [3.8, 4) is 0 Å². The predicted octanol–water partition coefficient (Wildman–Crippen LogP) is 1.56. The molecule has 0 aliphatic heterocycles. The normalized spacial score (nSPS) is 12.5. The van der Waals surface area contributed by atoms with Crippen LogP contribution in [0.5, 0.6) is 0 Å². The van der Waals surface area contributed by atoms with E-state index < -0.39 is 0 Å². The molecule has 0 spiro atoms. The Hall–Kier alpha value is -1.51. The average Bonchev–Trinajstić information content (AvgIpc) is 2.11. The molecule has 0 saturated carbocycles. The lowest BCUT2D eigenvalue weighted by Crippen LogP contribution is -2.13. The zero-order valence-electron chi connectivity index (χ0n) is 8.30. The summed E-state index contributed by atoms with van der Waals surface area (Å²) < 4.78 is 0. The number of nitrogens with two attached hydrogens (primary N) is 1. The fourth-order valence-corrected chi connectivity index (χ4v) is 0.772. The van der Waals surface area contributed by atoms with Gasteiger partial charge in [0.05, 0.1) is 6.54 Å².